The van der Waals surface area contributed by atoms with Crippen molar-refractivity contribution in [2.24, 2.45) is 0 Å². The Hall–Kier alpha value is -0.970. The van der Waals surface area contributed by atoms with E-state index >= 15 is 0 Å². The maximum atomic E-state index is 13.8. The lowest BCUT2D eigenvalue weighted by atomic mass is 10.0. The van der Waals surface area contributed by atoms with E-state index in [-0.39, 0.29) is 11.9 Å². The van der Waals surface area contributed by atoms with Crippen LogP contribution in [0.1, 0.15) is 39.3 Å². The molecule has 0 amide bonds. The Morgan fingerprint density at radius 3 is 2.45 bits per heavy atom. The molecule has 0 heterocycles. The van der Waals surface area contributed by atoms with Gasteiger partial charge in [0.25, 0.3) is 0 Å². The second kappa shape index (κ2) is 7.16. The molecule has 0 radical (unpaired) electrons. The zero-order valence-corrected chi connectivity index (χ0v) is 13.2. The lowest BCUT2D eigenvalue weighted by Gasteiger charge is -2.33. The van der Waals surface area contributed by atoms with Crippen molar-refractivity contribution < 1.29 is 9.50 Å². The van der Waals surface area contributed by atoms with Gasteiger partial charge in [-0.05, 0) is 27.0 Å². The van der Waals surface area contributed by atoms with Gasteiger partial charge in [0.1, 0.15) is 5.82 Å². The Morgan fingerprint density at radius 1 is 1.30 bits per heavy atom. The first-order chi connectivity index (χ1) is 9.23. The molecule has 1 aromatic carbocycles. The first-order valence-electron chi connectivity index (χ1n) is 7.13. The van der Waals surface area contributed by atoms with Crippen LogP contribution in [0.5, 0.6) is 0 Å². The molecule has 0 aliphatic heterocycles. The Bertz CT molecular complexity index is 421. The number of hydrogen-bond donors (Lipinski definition) is 2. The molecule has 4 heteroatoms. The lowest BCUT2D eigenvalue weighted by Crippen LogP contribution is -2.48. The van der Waals surface area contributed by atoms with Crippen LogP contribution in [0.4, 0.5) is 4.39 Å². The molecule has 0 saturated carbocycles. The fourth-order valence-electron chi connectivity index (χ4n) is 2.21. The number of aliphatic hydroxyl groups is 1. The largest absolute Gasteiger partial charge is 0.388 e. The average Bonchev–Trinajstić information content (AvgIpc) is 2.36. The van der Waals surface area contributed by atoms with E-state index in [1.165, 1.54) is 6.07 Å². The Labute approximate surface area is 121 Å². The van der Waals surface area contributed by atoms with Crippen LogP contribution in [0, 0.1) is 5.82 Å². The van der Waals surface area contributed by atoms with Crippen LogP contribution in [-0.4, -0.2) is 41.8 Å². The fraction of sp³-hybridized carbons (Fsp3) is 0.625. The molecule has 0 fully saturated rings. The summed E-state index contributed by atoms with van der Waals surface area (Å²) in [5, 5.41) is 13.6. The third kappa shape index (κ3) is 5.19. The van der Waals surface area contributed by atoms with E-state index in [1.54, 1.807) is 19.1 Å². The summed E-state index contributed by atoms with van der Waals surface area (Å²) in [7, 11) is 1.90. The number of nitrogens with zero attached hydrogens (tertiary/aromatic N) is 1. The number of halogens is 1. The molecule has 0 aliphatic rings. The molecule has 0 aromatic heterocycles. The second-order valence-corrected chi connectivity index (χ2v) is 6.15. The first-order valence-corrected chi connectivity index (χ1v) is 7.13. The van der Waals surface area contributed by atoms with E-state index in [2.05, 4.69) is 5.32 Å². The average molecular weight is 282 g/mol. The van der Waals surface area contributed by atoms with Gasteiger partial charge in [-0.2, -0.15) is 0 Å². The van der Waals surface area contributed by atoms with Crippen molar-refractivity contribution in [3.8, 4) is 0 Å². The number of likely N-dealkylation sites (N-methyl/N-ethyl adjacent to an activating group) is 1. The number of hydrogen-bond acceptors (Lipinski definition) is 3. The van der Waals surface area contributed by atoms with Gasteiger partial charge < -0.3 is 10.4 Å². The van der Waals surface area contributed by atoms with E-state index in [1.807, 2.05) is 38.8 Å². The summed E-state index contributed by atoms with van der Waals surface area (Å²) < 4.78 is 13.8. The number of benzene rings is 1. The van der Waals surface area contributed by atoms with E-state index in [0.29, 0.717) is 24.7 Å². The van der Waals surface area contributed by atoms with Gasteiger partial charge in [0, 0.05) is 30.7 Å². The molecular weight excluding hydrogens is 255 g/mol. The first kappa shape index (κ1) is 17.1. The van der Waals surface area contributed by atoms with Crippen LogP contribution in [0.3, 0.4) is 0 Å². The Kier molecular flexibility index (Phi) is 6.11. The third-order valence-corrected chi connectivity index (χ3v) is 3.50. The minimum Gasteiger partial charge on any atom is -0.388 e. The SMILES string of the molecule is CC(C)NCC(C)(O)CN(C)C(C)c1ccccc1F. The molecule has 3 nitrogen and oxygen atoms in total. The summed E-state index contributed by atoms with van der Waals surface area (Å²) in [5.74, 6) is -0.202. The van der Waals surface area contributed by atoms with Gasteiger partial charge in [-0.15, -0.1) is 0 Å². The summed E-state index contributed by atoms with van der Waals surface area (Å²) in [4.78, 5) is 1.97. The molecular formula is C16H27FN2O. The number of rotatable bonds is 7. The standard InChI is InChI=1S/C16H27FN2O/c1-12(2)18-10-16(4,20)11-19(5)13(3)14-8-6-7-9-15(14)17/h6-9,12-13,18,20H,10-11H2,1-5H3. The van der Waals surface area contributed by atoms with E-state index in [0.717, 1.165) is 0 Å². The van der Waals surface area contributed by atoms with Gasteiger partial charge in [-0.25, -0.2) is 4.39 Å². The predicted molar refractivity (Wildman–Crippen MR) is 81.2 cm³/mol. The highest BCUT2D eigenvalue weighted by molar-refractivity contribution is 5.20. The zero-order chi connectivity index (χ0) is 15.3. The minimum absolute atomic E-state index is 0.0817. The van der Waals surface area contributed by atoms with Crippen LogP contribution in [0.15, 0.2) is 24.3 Å². The van der Waals surface area contributed by atoms with Gasteiger partial charge in [0.2, 0.25) is 0 Å². The van der Waals surface area contributed by atoms with Gasteiger partial charge in [-0.1, -0.05) is 32.0 Å². The maximum absolute atomic E-state index is 13.8. The maximum Gasteiger partial charge on any atom is 0.127 e. The molecule has 1 aromatic rings. The highest BCUT2D eigenvalue weighted by Crippen LogP contribution is 2.22. The molecule has 0 spiro atoms. The monoisotopic (exact) mass is 282 g/mol. The smallest absolute Gasteiger partial charge is 0.127 e. The van der Waals surface area contributed by atoms with E-state index in [9.17, 15) is 9.50 Å². The van der Waals surface area contributed by atoms with Gasteiger partial charge in [0.05, 0.1) is 5.60 Å². The van der Waals surface area contributed by atoms with Gasteiger partial charge >= 0.3 is 0 Å². The molecule has 114 valence electrons. The van der Waals surface area contributed by atoms with Crippen molar-refractivity contribution in [3.63, 3.8) is 0 Å². The quantitative estimate of drug-likeness (QED) is 0.807. The topological polar surface area (TPSA) is 35.5 Å². The predicted octanol–water partition coefficient (Wildman–Crippen LogP) is 2.57. The van der Waals surface area contributed by atoms with Crippen molar-refractivity contribution in [3.05, 3.63) is 35.6 Å². The Balaban J connectivity index is 2.66. The van der Waals surface area contributed by atoms with Crippen molar-refractivity contribution in [1.29, 1.82) is 0 Å². The molecule has 2 unspecified atom stereocenters. The summed E-state index contributed by atoms with van der Waals surface area (Å²) in [6.45, 7) is 8.82. The molecule has 20 heavy (non-hydrogen) atoms. The van der Waals surface area contributed by atoms with Crippen molar-refractivity contribution >= 4 is 0 Å². The summed E-state index contributed by atoms with van der Waals surface area (Å²) in [5.41, 5.74) is -0.193. The highest BCUT2D eigenvalue weighted by Gasteiger charge is 2.26. The molecule has 2 atom stereocenters. The van der Waals surface area contributed by atoms with Crippen LogP contribution in [0.25, 0.3) is 0 Å². The molecule has 0 bridgehead atoms. The molecule has 0 saturated heterocycles. The molecule has 2 N–H and O–H groups in total. The summed E-state index contributed by atoms with van der Waals surface area (Å²) >= 11 is 0. The van der Waals surface area contributed by atoms with Gasteiger partial charge in [0.15, 0.2) is 0 Å². The molecule has 0 aliphatic carbocycles. The van der Waals surface area contributed by atoms with Crippen molar-refractivity contribution in [2.45, 2.75) is 45.4 Å². The van der Waals surface area contributed by atoms with Crippen molar-refractivity contribution in [1.82, 2.24) is 10.2 Å². The van der Waals surface area contributed by atoms with Gasteiger partial charge in [-0.3, -0.25) is 4.90 Å². The Morgan fingerprint density at radius 2 is 1.90 bits per heavy atom. The van der Waals surface area contributed by atoms with Crippen molar-refractivity contribution in [2.75, 3.05) is 20.1 Å². The van der Waals surface area contributed by atoms with Crippen LogP contribution in [-0.2, 0) is 0 Å². The third-order valence-electron chi connectivity index (χ3n) is 3.50. The van der Waals surface area contributed by atoms with E-state index in [4.69, 9.17) is 0 Å². The normalized spacial score (nSPS) is 16.4. The molecule has 1 rings (SSSR count). The zero-order valence-electron chi connectivity index (χ0n) is 13.2. The van der Waals surface area contributed by atoms with Crippen LogP contribution >= 0.6 is 0 Å². The summed E-state index contributed by atoms with van der Waals surface area (Å²) in [6.07, 6.45) is 0. The lowest BCUT2D eigenvalue weighted by molar-refractivity contribution is 0.0157. The van der Waals surface area contributed by atoms with Crippen LogP contribution in [0.2, 0.25) is 0 Å². The highest BCUT2D eigenvalue weighted by atomic mass is 19.1. The van der Waals surface area contributed by atoms with Crippen LogP contribution < -0.4 is 5.32 Å². The minimum atomic E-state index is -0.849. The van der Waals surface area contributed by atoms with E-state index < -0.39 is 5.60 Å². The second-order valence-electron chi connectivity index (χ2n) is 6.15. The number of nitrogens with one attached hydrogen (secondary N) is 1. The fourth-order valence-corrected chi connectivity index (χ4v) is 2.21. The summed E-state index contributed by atoms with van der Waals surface area (Å²) in [6, 6.07) is 7.03.